The lowest BCUT2D eigenvalue weighted by molar-refractivity contribution is 0.118. The van der Waals surface area contributed by atoms with E-state index >= 15 is 0 Å². The van der Waals surface area contributed by atoms with Crippen LogP contribution in [0.1, 0.15) is 50.4 Å². The number of hydrogen-bond acceptors (Lipinski definition) is 3. The van der Waals surface area contributed by atoms with E-state index in [2.05, 4.69) is 11.9 Å². The summed E-state index contributed by atoms with van der Waals surface area (Å²) in [6.07, 6.45) is 6.36. The van der Waals surface area contributed by atoms with Crippen molar-refractivity contribution in [3.63, 3.8) is 0 Å². The van der Waals surface area contributed by atoms with E-state index in [1.165, 1.54) is 19.3 Å². The predicted octanol–water partition coefficient (Wildman–Crippen LogP) is 3.23. The maximum Gasteiger partial charge on any atom is 0.143 e. The number of aliphatic hydroxyl groups is 1. The Labute approximate surface area is 109 Å². The monoisotopic (exact) mass is 249 g/mol. The molecule has 3 nitrogen and oxygen atoms in total. The van der Waals surface area contributed by atoms with Gasteiger partial charge in [-0.15, -0.1) is 0 Å². The van der Waals surface area contributed by atoms with Crippen molar-refractivity contribution in [2.75, 3.05) is 0 Å². The third-order valence-electron chi connectivity index (χ3n) is 3.83. The maximum atomic E-state index is 9.33. The van der Waals surface area contributed by atoms with Gasteiger partial charge in [-0.2, -0.15) is 0 Å². The van der Waals surface area contributed by atoms with E-state index in [-0.39, 0.29) is 6.61 Å². The summed E-state index contributed by atoms with van der Waals surface area (Å²) in [6.45, 7) is 4.12. The SMILES string of the molecule is CCC1CCCC(Oc2ccc(C)nc2CO)C1. The summed E-state index contributed by atoms with van der Waals surface area (Å²) in [4.78, 5) is 4.32. The Kier molecular flexibility index (Phi) is 4.59. The number of aromatic nitrogens is 1. The van der Waals surface area contributed by atoms with Gasteiger partial charge in [-0.25, -0.2) is 0 Å². The molecule has 2 unspecified atom stereocenters. The molecule has 1 N–H and O–H groups in total. The zero-order valence-corrected chi connectivity index (χ0v) is 11.4. The first-order valence-corrected chi connectivity index (χ1v) is 6.97. The highest BCUT2D eigenvalue weighted by molar-refractivity contribution is 5.29. The maximum absolute atomic E-state index is 9.33. The molecular formula is C15H23NO2. The highest BCUT2D eigenvalue weighted by Gasteiger charge is 2.22. The minimum Gasteiger partial charge on any atom is -0.488 e. The van der Waals surface area contributed by atoms with Gasteiger partial charge < -0.3 is 9.84 Å². The van der Waals surface area contributed by atoms with Crippen molar-refractivity contribution in [2.24, 2.45) is 5.92 Å². The molecule has 1 aliphatic rings. The van der Waals surface area contributed by atoms with Crippen LogP contribution in [0.2, 0.25) is 0 Å². The van der Waals surface area contributed by atoms with Crippen LogP contribution in [0.15, 0.2) is 12.1 Å². The Morgan fingerprint density at radius 3 is 2.94 bits per heavy atom. The third kappa shape index (κ3) is 3.22. The fraction of sp³-hybridized carbons (Fsp3) is 0.667. The molecule has 0 bridgehead atoms. The fourth-order valence-corrected chi connectivity index (χ4v) is 2.72. The number of aliphatic hydroxyl groups excluding tert-OH is 1. The summed E-state index contributed by atoms with van der Waals surface area (Å²) in [5.74, 6) is 1.55. The van der Waals surface area contributed by atoms with Crippen LogP contribution in [0, 0.1) is 12.8 Å². The molecule has 1 aromatic rings. The summed E-state index contributed by atoms with van der Waals surface area (Å²) in [5, 5.41) is 9.33. The first-order valence-electron chi connectivity index (χ1n) is 6.97. The summed E-state index contributed by atoms with van der Waals surface area (Å²) >= 11 is 0. The number of rotatable bonds is 4. The van der Waals surface area contributed by atoms with E-state index in [9.17, 15) is 5.11 Å². The Morgan fingerprint density at radius 2 is 2.22 bits per heavy atom. The molecular weight excluding hydrogens is 226 g/mol. The number of nitrogens with zero attached hydrogens (tertiary/aromatic N) is 1. The van der Waals surface area contributed by atoms with Crippen LogP contribution in [-0.2, 0) is 6.61 Å². The zero-order valence-electron chi connectivity index (χ0n) is 11.4. The van der Waals surface area contributed by atoms with E-state index in [0.717, 1.165) is 30.2 Å². The molecule has 0 radical (unpaired) electrons. The predicted molar refractivity (Wildman–Crippen MR) is 71.6 cm³/mol. The zero-order chi connectivity index (χ0) is 13.0. The largest absolute Gasteiger partial charge is 0.488 e. The van der Waals surface area contributed by atoms with E-state index in [4.69, 9.17) is 4.74 Å². The van der Waals surface area contributed by atoms with Gasteiger partial charge in [-0.3, -0.25) is 4.98 Å². The minimum absolute atomic E-state index is 0.0546. The van der Waals surface area contributed by atoms with Crippen LogP contribution in [0.5, 0.6) is 5.75 Å². The number of hydrogen-bond donors (Lipinski definition) is 1. The second-order valence-electron chi connectivity index (χ2n) is 5.24. The third-order valence-corrected chi connectivity index (χ3v) is 3.83. The van der Waals surface area contributed by atoms with Crippen molar-refractivity contribution in [1.82, 2.24) is 4.98 Å². The van der Waals surface area contributed by atoms with Crippen molar-refractivity contribution >= 4 is 0 Å². The van der Waals surface area contributed by atoms with Gasteiger partial charge in [0.15, 0.2) is 0 Å². The fourth-order valence-electron chi connectivity index (χ4n) is 2.72. The molecule has 0 aromatic carbocycles. The summed E-state index contributed by atoms with van der Waals surface area (Å²) in [6, 6.07) is 3.87. The molecule has 3 heteroatoms. The highest BCUT2D eigenvalue weighted by Crippen LogP contribution is 2.30. The lowest BCUT2D eigenvalue weighted by atomic mass is 9.85. The average molecular weight is 249 g/mol. The van der Waals surface area contributed by atoms with Crippen LogP contribution in [0.4, 0.5) is 0 Å². The molecule has 0 saturated heterocycles. The van der Waals surface area contributed by atoms with E-state index in [1.54, 1.807) is 0 Å². The molecule has 1 fully saturated rings. The first-order chi connectivity index (χ1) is 8.72. The number of ether oxygens (including phenoxy) is 1. The highest BCUT2D eigenvalue weighted by atomic mass is 16.5. The topological polar surface area (TPSA) is 42.4 Å². The molecule has 1 saturated carbocycles. The average Bonchev–Trinajstić information content (AvgIpc) is 2.41. The van der Waals surface area contributed by atoms with Crippen LogP contribution in [-0.4, -0.2) is 16.2 Å². The molecule has 1 heterocycles. The van der Waals surface area contributed by atoms with Gasteiger partial charge in [0.1, 0.15) is 11.4 Å². The molecule has 1 aliphatic carbocycles. The molecule has 2 atom stereocenters. The van der Waals surface area contributed by atoms with Crippen molar-refractivity contribution in [2.45, 2.75) is 58.7 Å². The second kappa shape index (κ2) is 6.19. The quantitative estimate of drug-likeness (QED) is 0.890. The van der Waals surface area contributed by atoms with E-state index < -0.39 is 0 Å². The minimum atomic E-state index is -0.0546. The van der Waals surface area contributed by atoms with E-state index in [1.807, 2.05) is 19.1 Å². The normalized spacial score (nSPS) is 23.9. The van der Waals surface area contributed by atoms with Crippen molar-refractivity contribution in [3.05, 3.63) is 23.5 Å². The van der Waals surface area contributed by atoms with Gasteiger partial charge >= 0.3 is 0 Å². The van der Waals surface area contributed by atoms with Gasteiger partial charge in [0.2, 0.25) is 0 Å². The lowest BCUT2D eigenvalue weighted by Crippen LogP contribution is -2.25. The smallest absolute Gasteiger partial charge is 0.143 e. The van der Waals surface area contributed by atoms with Crippen molar-refractivity contribution < 1.29 is 9.84 Å². The molecule has 0 spiro atoms. The van der Waals surface area contributed by atoms with Gasteiger partial charge in [0, 0.05) is 5.69 Å². The summed E-state index contributed by atoms with van der Waals surface area (Å²) < 4.78 is 6.04. The second-order valence-corrected chi connectivity index (χ2v) is 5.24. The van der Waals surface area contributed by atoms with Crippen LogP contribution >= 0.6 is 0 Å². The van der Waals surface area contributed by atoms with Crippen molar-refractivity contribution in [3.8, 4) is 5.75 Å². The number of pyridine rings is 1. The number of aryl methyl sites for hydroxylation is 1. The van der Waals surface area contributed by atoms with Crippen molar-refractivity contribution in [1.29, 1.82) is 0 Å². The van der Waals surface area contributed by atoms with Crippen LogP contribution < -0.4 is 4.74 Å². The first kappa shape index (κ1) is 13.3. The Bertz CT molecular complexity index is 392. The molecule has 18 heavy (non-hydrogen) atoms. The Morgan fingerprint density at radius 1 is 1.39 bits per heavy atom. The van der Waals surface area contributed by atoms with Gasteiger partial charge in [0.25, 0.3) is 0 Å². The Hall–Kier alpha value is -1.09. The molecule has 0 amide bonds. The lowest BCUT2D eigenvalue weighted by Gasteiger charge is -2.29. The summed E-state index contributed by atoms with van der Waals surface area (Å²) in [5.41, 5.74) is 1.58. The van der Waals surface area contributed by atoms with Gasteiger partial charge in [-0.1, -0.05) is 19.8 Å². The van der Waals surface area contributed by atoms with E-state index in [0.29, 0.717) is 11.8 Å². The van der Waals surface area contributed by atoms with Crippen LogP contribution in [0.25, 0.3) is 0 Å². The molecule has 0 aliphatic heterocycles. The Balaban J connectivity index is 2.04. The molecule has 2 rings (SSSR count). The van der Waals surface area contributed by atoms with Crippen LogP contribution in [0.3, 0.4) is 0 Å². The summed E-state index contributed by atoms with van der Waals surface area (Å²) in [7, 11) is 0. The van der Waals surface area contributed by atoms with Gasteiger partial charge in [0.05, 0.1) is 12.7 Å². The molecule has 1 aromatic heterocycles. The standard InChI is InChI=1S/C15H23NO2/c1-3-12-5-4-6-13(9-12)18-15-8-7-11(2)16-14(15)10-17/h7-8,12-13,17H,3-6,9-10H2,1-2H3. The molecule has 100 valence electrons. The van der Waals surface area contributed by atoms with Gasteiger partial charge in [-0.05, 0) is 44.2 Å².